The van der Waals surface area contributed by atoms with E-state index in [4.69, 9.17) is 0 Å². The molecule has 9 nitrogen and oxygen atoms in total. The first-order valence-corrected chi connectivity index (χ1v) is 12.8. The fourth-order valence-corrected chi connectivity index (χ4v) is 5.46. The number of nitrogens with zero attached hydrogens (tertiary/aromatic N) is 4. The van der Waals surface area contributed by atoms with Gasteiger partial charge in [-0.25, -0.2) is 8.42 Å². The van der Waals surface area contributed by atoms with E-state index in [1.54, 1.807) is 71.9 Å². The Labute approximate surface area is 208 Å². The molecule has 1 amide bonds. The smallest absolute Gasteiger partial charge is 0.264 e. The lowest BCUT2D eigenvalue weighted by Gasteiger charge is -2.36. The SMILES string of the molecule is O=Cc1cncc(N2CCN(C(=O)c3ccc(NS(=O)(=O)c4cccc5cccnc45)cc3)CC2)c1. The summed E-state index contributed by atoms with van der Waals surface area (Å²) < 4.78 is 28.6. The van der Waals surface area contributed by atoms with Gasteiger partial charge in [-0.15, -0.1) is 0 Å². The Hall–Kier alpha value is -4.31. The molecule has 0 aliphatic carbocycles. The highest BCUT2D eigenvalue weighted by Crippen LogP contribution is 2.24. The van der Waals surface area contributed by atoms with Crippen molar-refractivity contribution in [1.82, 2.24) is 14.9 Å². The van der Waals surface area contributed by atoms with E-state index in [9.17, 15) is 18.0 Å². The van der Waals surface area contributed by atoms with Gasteiger partial charge in [0.25, 0.3) is 15.9 Å². The van der Waals surface area contributed by atoms with E-state index in [2.05, 4.69) is 19.6 Å². The zero-order valence-corrected chi connectivity index (χ0v) is 20.1. The molecule has 5 rings (SSSR count). The standard InChI is InChI=1S/C26H23N5O4S/c32-18-19-15-23(17-27-16-19)30-11-13-31(14-12-30)26(33)21-6-8-22(9-7-21)29-36(34,35)24-5-1-3-20-4-2-10-28-25(20)24/h1-10,15-18,29H,11-14H2. The fraction of sp³-hybridized carbons (Fsp3) is 0.154. The number of pyridine rings is 2. The third kappa shape index (κ3) is 4.76. The molecular weight excluding hydrogens is 478 g/mol. The highest BCUT2D eigenvalue weighted by atomic mass is 32.2. The van der Waals surface area contributed by atoms with Crippen molar-refractivity contribution in [1.29, 1.82) is 0 Å². The van der Waals surface area contributed by atoms with E-state index in [1.165, 1.54) is 12.3 Å². The maximum Gasteiger partial charge on any atom is 0.264 e. The number of nitrogens with one attached hydrogen (secondary N) is 1. The summed E-state index contributed by atoms with van der Waals surface area (Å²) in [5, 5.41) is 0.731. The number of sulfonamides is 1. The van der Waals surface area contributed by atoms with E-state index < -0.39 is 10.0 Å². The minimum absolute atomic E-state index is 0.0903. The quantitative estimate of drug-likeness (QED) is 0.404. The Kier molecular flexibility index (Phi) is 6.34. The second-order valence-corrected chi connectivity index (χ2v) is 10.0. The number of amides is 1. The van der Waals surface area contributed by atoms with Crippen molar-refractivity contribution < 1.29 is 18.0 Å². The van der Waals surface area contributed by atoms with Gasteiger partial charge in [-0.1, -0.05) is 18.2 Å². The minimum atomic E-state index is -3.87. The van der Waals surface area contributed by atoms with Crippen LogP contribution >= 0.6 is 0 Å². The van der Waals surface area contributed by atoms with Gasteiger partial charge in [-0.2, -0.15) is 0 Å². The van der Waals surface area contributed by atoms with Crippen LogP contribution in [-0.2, 0) is 10.0 Å². The van der Waals surface area contributed by atoms with Crippen LogP contribution in [0.2, 0.25) is 0 Å². The average molecular weight is 502 g/mol. The van der Waals surface area contributed by atoms with Crippen LogP contribution in [0, 0.1) is 0 Å². The van der Waals surface area contributed by atoms with Crippen LogP contribution in [0.3, 0.4) is 0 Å². The summed E-state index contributed by atoms with van der Waals surface area (Å²) in [4.78, 5) is 36.3. The zero-order valence-electron chi connectivity index (χ0n) is 19.2. The molecule has 0 radical (unpaired) electrons. The number of hydrogen-bond acceptors (Lipinski definition) is 7. The van der Waals surface area contributed by atoms with Gasteiger partial charge in [0.2, 0.25) is 0 Å². The summed E-state index contributed by atoms with van der Waals surface area (Å²) in [7, 11) is -3.87. The maximum atomic E-state index is 13.0. The Bertz CT molecular complexity index is 1530. The highest BCUT2D eigenvalue weighted by Gasteiger charge is 2.23. The molecule has 182 valence electrons. The van der Waals surface area contributed by atoms with Crippen molar-refractivity contribution in [3.63, 3.8) is 0 Å². The number of benzene rings is 2. The molecule has 0 atom stereocenters. The van der Waals surface area contributed by atoms with E-state index in [0.717, 1.165) is 17.4 Å². The lowest BCUT2D eigenvalue weighted by Crippen LogP contribution is -2.48. The lowest BCUT2D eigenvalue weighted by atomic mass is 10.1. The van der Waals surface area contributed by atoms with E-state index in [0.29, 0.717) is 48.5 Å². The molecule has 2 aromatic carbocycles. The molecule has 0 saturated carbocycles. The average Bonchev–Trinajstić information content (AvgIpc) is 2.92. The fourth-order valence-electron chi connectivity index (χ4n) is 4.22. The van der Waals surface area contributed by atoms with Crippen molar-refractivity contribution in [2.24, 2.45) is 0 Å². The van der Waals surface area contributed by atoms with Gasteiger partial charge in [-0.3, -0.25) is 24.3 Å². The van der Waals surface area contributed by atoms with Crippen molar-refractivity contribution in [3.05, 3.63) is 90.4 Å². The Balaban J connectivity index is 1.25. The molecule has 4 aromatic rings. The first kappa shape index (κ1) is 23.4. The van der Waals surface area contributed by atoms with Crippen molar-refractivity contribution in [3.8, 4) is 0 Å². The van der Waals surface area contributed by atoms with Crippen LogP contribution in [0.15, 0.2) is 84.1 Å². The number of fused-ring (bicyclic) bond motifs is 1. The number of aldehydes is 1. The van der Waals surface area contributed by atoms with Crippen LogP contribution in [0.25, 0.3) is 10.9 Å². The second-order valence-electron chi connectivity index (χ2n) is 8.39. The Morgan fingerprint density at radius 2 is 1.69 bits per heavy atom. The number of para-hydroxylation sites is 1. The van der Waals surface area contributed by atoms with Gasteiger partial charge in [0.1, 0.15) is 4.90 Å². The van der Waals surface area contributed by atoms with Crippen molar-refractivity contribution >= 4 is 44.5 Å². The number of piperazine rings is 1. The van der Waals surface area contributed by atoms with Gasteiger partial charge < -0.3 is 9.80 Å². The largest absolute Gasteiger partial charge is 0.367 e. The van der Waals surface area contributed by atoms with Crippen LogP contribution < -0.4 is 9.62 Å². The number of rotatable bonds is 6. The number of aromatic nitrogens is 2. The molecule has 0 spiro atoms. The zero-order chi connectivity index (χ0) is 25.1. The number of carbonyl (C=O) groups excluding carboxylic acids is 2. The Morgan fingerprint density at radius 3 is 2.44 bits per heavy atom. The second kappa shape index (κ2) is 9.74. The first-order valence-electron chi connectivity index (χ1n) is 11.4. The molecule has 1 N–H and O–H groups in total. The monoisotopic (exact) mass is 501 g/mol. The summed E-state index contributed by atoms with van der Waals surface area (Å²) in [6, 6.07) is 16.7. The topological polar surface area (TPSA) is 113 Å². The molecule has 10 heteroatoms. The molecule has 0 unspecified atom stereocenters. The van der Waals surface area contributed by atoms with Gasteiger partial charge in [0.05, 0.1) is 17.4 Å². The van der Waals surface area contributed by atoms with E-state index in [-0.39, 0.29) is 10.8 Å². The third-order valence-electron chi connectivity index (χ3n) is 6.08. The third-order valence-corrected chi connectivity index (χ3v) is 7.50. The van der Waals surface area contributed by atoms with Gasteiger partial charge in [0.15, 0.2) is 6.29 Å². The summed E-state index contributed by atoms with van der Waals surface area (Å²) in [6.07, 6.45) is 5.54. The van der Waals surface area contributed by atoms with E-state index >= 15 is 0 Å². The summed E-state index contributed by atoms with van der Waals surface area (Å²) in [6.45, 7) is 2.28. The number of carbonyl (C=O) groups is 2. The van der Waals surface area contributed by atoms with Crippen molar-refractivity contribution in [2.45, 2.75) is 4.90 Å². The van der Waals surface area contributed by atoms with Crippen LogP contribution in [0.5, 0.6) is 0 Å². The summed E-state index contributed by atoms with van der Waals surface area (Å²) in [5.41, 5.74) is 2.59. The molecular formula is C26H23N5O4S. The number of anilines is 2. The Morgan fingerprint density at radius 1 is 0.944 bits per heavy atom. The maximum absolute atomic E-state index is 13.0. The predicted octanol–water partition coefficient (Wildman–Crippen LogP) is 3.21. The molecule has 36 heavy (non-hydrogen) atoms. The van der Waals surface area contributed by atoms with Gasteiger partial charge in [-0.05, 0) is 42.5 Å². The molecule has 1 saturated heterocycles. The molecule has 1 aliphatic heterocycles. The van der Waals surface area contributed by atoms with Gasteiger partial charge in [0, 0.05) is 60.8 Å². The highest BCUT2D eigenvalue weighted by molar-refractivity contribution is 7.93. The summed E-state index contributed by atoms with van der Waals surface area (Å²) >= 11 is 0. The number of hydrogen-bond donors (Lipinski definition) is 1. The summed E-state index contributed by atoms with van der Waals surface area (Å²) in [5.74, 6) is -0.123. The van der Waals surface area contributed by atoms with Crippen LogP contribution in [-0.4, -0.2) is 61.7 Å². The molecule has 1 fully saturated rings. The predicted molar refractivity (Wildman–Crippen MR) is 137 cm³/mol. The molecule has 1 aliphatic rings. The van der Waals surface area contributed by atoms with Crippen LogP contribution in [0.4, 0.5) is 11.4 Å². The molecule has 0 bridgehead atoms. The molecule has 3 heterocycles. The van der Waals surface area contributed by atoms with E-state index in [1.807, 2.05) is 0 Å². The van der Waals surface area contributed by atoms with Gasteiger partial charge >= 0.3 is 0 Å². The first-order chi connectivity index (χ1) is 17.4. The van der Waals surface area contributed by atoms with Crippen LogP contribution in [0.1, 0.15) is 20.7 Å². The normalized spacial score (nSPS) is 14.0. The molecule has 2 aromatic heterocycles. The lowest BCUT2D eigenvalue weighted by molar-refractivity contribution is 0.0746. The van der Waals surface area contributed by atoms with Crippen molar-refractivity contribution in [2.75, 3.05) is 35.8 Å². The minimum Gasteiger partial charge on any atom is -0.367 e.